The number of nitrogens with one attached hydrogen (secondary N) is 2. The van der Waals surface area contributed by atoms with Gasteiger partial charge in [-0.2, -0.15) is 0 Å². The fourth-order valence-electron chi connectivity index (χ4n) is 3.04. The lowest BCUT2D eigenvalue weighted by Crippen LogP contribution is -2.15. The number of hydrogen-bond donors (Lipinski definition) is 2. The molecule has 0 radical (unpaired) electrons. The molecule has 4 nitrogen and oxygen atoms in total. The summed E-state index contributed by atoms with van der Waals surface area (Å²) in [6, 6.07) is 8.41. The number of rotatable bonds is 7. The molecule has 0 aliphatic carbocycles. The SMILES string of the molecule is CCOCCC(Nc1ccc(F)cc1)c1nccc2c(C)c(C)[nH]c12. The second-order valence-electron chi connectivity index (χ2n) is 6.18. The molecular formula is C20H24FN3O. The molecule has 0 fully saturated rings. The van der Waals surface area contributed by atoms with E-state index in [0.29, 0.717) is 13.2 Å². The Morgan fingerprint density at radius 1 is 1.20 bits per heavy atom. The van der Waals surface area contributed by atoms with E-state index in [2.05, 4.69) is 29.1 Å². The third-order valence-electron chi connectivity index (χ3n) is 4.53. The molecule has 5 heteroatoms. The lowest BCUT2D eigenvalue weighted by Gasteiger charge is -2.20. The molecule has 0 spiro atoms. The van der Waals surface area contributed by atoms with Crippen LogP contribution in [0.25, 0.3) is 10.9 Å². The highest BCUT2D eigenvalue weighted by molar-refractivity contribution is 5.86. The zero-order chi connectivity index (χ0) is 17.8. The van der Waals surface area contributed by atoms with Gasteiger partial charge in [-0.15, -0.1) is 0 Å². The van der Waals surface area contributed by atoms with Gasteiger partial charge in [0, 0.05) is 36.2 Å². The van der Waals surface area contributed by atoms with Gasteiger partial charge in [0.05, 0.1) is 17.3 Å². The maximum absolute atomic E-state index is 13.2. The number of aromatic nitrogens is 2. The number of ether oxygens (including phenoxy) is 1. The van der Waals surface area contributed by atoms with Crippen LogP contribution in [-0.2, 0) is 4.74 Å². The van der Waals surface area contributed by atoms with Gasteiger partial charge in [0.15, 0.2) is 0 Å². The topological polar surface area (TPSA) is 49.9 Å². The second-order valence-corrected chi connectivity index (χ2v) is 6.18. The average Bonchev–Trinajstić information content (AvgIpc) is 2.91. The van der Waals surface area contributed by atoms with E-state index in [-0.39, 0.29) is 11.9 Å². The monoisotopic (exact) mass is 341 g/mol. The molecule has 0 amide bonds. The van der Waals surface area contributed by atoms with Gasteiger partial charge in [-0.25, -0.2) is 4.39 Å². The summed E-state index contributed by atoms with van der Waals surface area (Å²) >= 11 is 0. The number of hydrogen-bond acceptors (Lipinski definition) is 3. The number of H-pyrrole nitrogens is 1. The van der Waals surface area contributed by atoms with Gasteiger partial charge in [0.2, 0.25) is 0 Å². The Balaban J connectivity index is 1.96. The molecule has 2 N–H and O–H groups in total. The van der Waals surface area contributed by atoms with Crippen LogP contribution in [0.1, 0.15) is 36.3 Å². The normalized spacial score (nSPS) is 12.5. The predicted molar refractivity (Wildman–Crippen MR) is 99.4 cm³/mol. The minimum atomic E-state index is -0.243. The van der Waals surface area contributed by atoms with Crippen LogP contribution in [-0.4, -0.2) is 23.2 Å². The number of fused-ring (bicyclic) bond motifs is 1. The predicted octanol–water partition coefficient (Wildman–Crippen LogP) is 4.90. The van der Waals surface area contributed by atoms with Crippen LogP contribution in [0, 0.1) is 19.7 Å². The summed E-state index contributed by atoms with van der Waals surface area (Å²) in [6.45, 7) is 7.48. The van der Waals surface area contributed by atoms with Gasteiger partial charge < -0.3 is 15.0 Å². The summed E-state index contributed by atoms with van der Waals surface area (Å²) in [6.07, 6.45) is 2.62. The third-order valence-corrected chi connectivity index (χ3v) is 4.53. The molecule has 0 aliphatic heterocycles. The molecule has 1 unspecified atom stereocenters. The maximum atomic E-state index is 13.2. The summed E-state index contributed by atoms with van der Waals surface area (Å²) in [7, 11) is 0. The van der Waals surface area contributed by atoms with Crippen molar-refractivity contribution in [3.63, 3.8) is 0 Å². The van der Waals surface area contributed by atoms with Gasteiger partial charge in [0.1, 0.15) is 5.82 Å². The van der Waals surface area contributed by atoms with Crippen LogP contribution in [0.5, 0.6) is 0 Å². The maximum Gasteiger partial charge on any atom is 0.123 e. The summed E-state index contributed by atoms with van der Waals surface area (Å²) in [5.74, 6) is -0.243. The van der Waals surface area contributed by atoms with Gasteiger partial charge in [0.25, 0.3) is 0 Å². The van der Waals surface area contributed by atoms with E-state index in [9.17, 15) is 4.39 Å². The first-order chi connectivity index (χ1) is 12.1. The van der Waals surface area contributed by atoms with Crippen molar-refractivity contribution in [1.82, 2.24) is 9.97 Å². The molecule has 2 heterocycles. The summed E-state index contributed by atoms with van der Waals surface area (Å²) in [5, 5.41) is 4.66. The molecule has 1 atom stereocenters. The number of pyridine rings is 1. The number of benzene rings is 1. The fourth-order valence-corrected chi connectivity index (χ4v) is 3.04. The Bertz CT molecular complexity index is 842. The highest BCUT2D eigenvalue weighted by atomic mass is 19.1. The van der Waals surface area contributed by atoms with Crippen molar-refractivity contribution < 1.29 is 9.13 Å². The second kappa shape index (κ2) is 7.66. The summed E-state index contributed by atoms with van der Waals surface area (Å²) < 4.78 is 18.7. The zero-order valence-electron chi connectivity index (χ0n) is 14.9. The molecule has 0 aliphatic rings. The Kier molecular flexibility index (Phi) is 5.34. The first kappa shape index (κ1) is 17.4. The van der Waals surface area contributed by atoms with Crippen LogP contribution in [0.3, 0.4) is 0 Å². The van der Waals surface area contributed by atoms with E-state index in [1.54, 1.807) is 12.1 Å². The smallest absolute Gasteiger partial charge is 0.123 e. The van der Waals surface area contributed by atoms with Crippen molar-refractivity contribution in [2.75, 3.05) is 18.5 Å². The molecule has 2 aromatic heterocycles. The molecule has 0 bridgehead atoms. The standard InChI is InChI=1S/C20H24FN3O/c1-4-25-12-10-18(24-16-7-5-15(21)6-8-16)20-19-17(9-11-22-20)13(2)14(3)23-19/h5-9,11,18,23-24H,4,10,12H2,1-3H3. The van der Waals surface area contributed by atoms with Crippen molar-refractivity contribution in [3.8, 4) is 0 Å². The highest BCUT2D eigenvalue weighted by Crippen LogP contribution is 2.30. The van der Waals surface area contributed by atoms with E-state index in [0.717, 1.165) is 29.0 Å². The van der Waals surface area contributed by atoms with Crippen molar-refractivity contribution in [2.45, 2.75) is 33.2 Å². The number of anilines is 1. The van der Waals surface area contributed by atoms with Crippen LogP contribution in [0.4, 0.5) is 10.1 Å². The molecule has 0 saturated carbocycles. The lowest BCUT2D eigenvalue weighted by atomic mass is 10.1. The van der Waals surface area contributed by atoms with Gasteiger partial charge >= 0.3 is 0 Å². The molecule has 25 heavy (non-hydrogen) atoms. The van der Waals surface area contributed by atoms with Crippen LogP contribution in [0.15, 0.2) is 36.5 Å². The minimum absolute atomic E-state index is 0.0295. The number of aromatic amines is 1. The zero-order valence-corrected chi connectivity index (χ0v) is 14.9. The first-order valence-corrected chi connectivity index (χ1v) is 8.63. The largest absolute Gasteiger partial charge is 0.382 e. The fraction of sp³-hybridized carbons (Fsp3) is 0.350. The highest BCUT2D eigenvalue weighted by Gasteiger charge is 2.18. The van der Waals surface area contributed by atoms with Crippen LogP contribution >= 0.6 is 0 Å². The molecule has 0 saturated heterocycles. The van der Waals surface area contributed by atoms with Crippen molar-refractivity contribution in [3.05, 3.63) is 59.3 Å². The summed E-state index contributed by atoms with van der Waals surface area (Å²) in [4.78, 5) is 8.09. The number of aryl methyl sites for hydroxylation is 2. The average molecular weight is 341 g/mol. The molecular weight excluding hydrogens is 317 g/mol. The van der Waals surface area contributed by atoms with Gasteiger partial charge in [-0.1, -0.05) is 0 Å². The molecule has 132 valence electrons. The minimum Gasteiger partial charge on any atom is -0.382 e. The van der Waals surface area contributed by atoms with E-state index >= 15 is 0 Å². The quantitative estimate of drug-likeness (QED) is 0.601. The van der Waals surface area contributed by atoms with Crippen molar-refractivity contribution in [2.24, 2.45) is 0 Å². The Morgan fingerprint density at radius 2 is 1.96 bits per heavy atom. The van der Waals surface area contributed by atoms with E-state index in [1.165, 1.54) is 23.1 Å². The third kappa shape index (κ3) is 3.82. The van der Waals surface area contributed by atoms with E-state index < -0.39 is 0 Å². The molecule has 1 aromatic carbocycles. The Hall–Kier alpha value is -2.40. The van der Waals surface area contributed by atoms with Gasteiger partial charge in [-0.05, 0) is 63.1 Å². The van der Waals surface area contributed by atoms with Crippen LogP contribution in [0.2, 0.25) is 0 Å². The molecule has 3 rings (SSSR count). The van der Waals surface area contributed by atoms with Crippen molar-refractivity contribution in [1.29, 1.82) is 0 Å². The number of halogens is 1. The lowest BCUT2D eigenvalue weighted by molar-refractivity contribution is 0.141. The van der Waals surface area contributed by atoms with Crippen LogP contribution < -0.4 is 5.32 Å². The number of nitrogens with zero attached hydrogens (tertiary/aromatic N) is 1. The molecule has 3 aromatic rings. The van der Waals surface area contributed by atoms with Crippen molar-refractivity contribution >= 4 is 16.6 Å². The Labute approximate surface area is 147 Å². The first-order valence-electron chi connectivity index (χ1n) is 8.63. The van der Waals surface area contributed by atoms with E-state index in [1.807, 2.05) is 19.2 Å². The van der Waals surface area contributed by atoms with Gasteiger partial charge in [-0.3, -0.25) is 4.98 Å². The Morgan fingerprint density at radius 3 is 2.68 bits per heavy atom. The van der Waals surface area contributed by atoms with E-state index in [4.69, 9.17) is 4.74 Å². The summed E-state index contributed by atoms with van der Waals surface area (Å²) in [5.41, 5.74) is 5.26.